The summed E-state index contributed by atoms with van der Waals surface area (Å²) in [6, 6.07) is 3.95. The Hall–Kier alpha value is -1.71. The van der Waals surface area contributed by atoms with Crippen LogP contribution in [-0.2, 0) is 29.7 Å². The third kappa shape index (κ3) is 3.94. The van der Waals surface area contributed by atoms with Crippen molar-refractivity contribution in [1.29, 1.82) is 0 Å². The Labute approximate surface area is 147 Å². The van der Waals surface area contributed by atoms with Crippen molar-refractivity contribution < 1.29 is 12.9 Å². The lowest BCUT2D eigenvalue weighted by atomic mass is 10.1. The maximum absolute atomic E-state index is 12.1. The fraction of sp³-hybridized carbons (Fsp3) is 0.625. The summed E-state index contributed by atoms with van der Waals surface area (Å²) in [5.74, 6) is 0.950. The second kappa shape index (κ2) is 6.54. The SMILES string of the molecule is Cc1cc(CN2Cc3ccnn3C[C@@H](CNS(=O)(=O)C3CC3)C2)no1. The zero-order chi connectivity index (χ0) is 17.4. The van der Waals surface area contributed by atoms with Crippen LogP contribution in [0.25, 0.3) is 0 Å². The van der Waals surface area contributed by atoms with Crippen molar-refractivity contribution in [3.63, 3.8) is 0 Å². The molecule has 4 rings (SSSR count). The van der Waals surface area contributed by atoms with Crippen molar-refractivity contribution in [2.24, 2.45) is 5.92 Å². The molecule has 2 aromatic rings. The lowest BCUT2D eigenvalue weighted by Crippen LogP contribution is -2.37. The molecule has 8 nitrogen and oxygen atoms in total. The summed E-state index contributed by atoms with van der Waals surface area (Å²) in [5, 5.41) is 8.27. The third-order valence-electron chi connectivity index (χ3n) is 4.74. The molecule has 1 aliphatic carbocycles. The van der Waals surface area contributed by atoms with Crippen molar-refractivity contribution in [3.8, 4) is 0 Å². The summed E-state index contributed by atoms with van der Waals surface area (Å²) in [6.07, 6.45) is 3.35. The minimum Gasteiger partial charge on any atom is -0.361 e. The summed E-state index contributed by atoms with van der Waals surface area (Å²) in [7, 11) is -3.16. The van der Waals surface area contributed by atoms with Crippen LogP contribution in [0, 0.1) is 12.8 Å². The van der Waals surface area contributed by atoms with E-state index in [2.05, 4.69) is 19.9 Å². The monoisotopic (exact) mass is 365 g/mol. The molecule has 0 radical (unpaired) electrons. The third-order valence-corrected chi connectivity index (χ3v) is 6.65. The molecule has 1 fully saturated rings. The predicted molar refractivity (Wildman–Crippen MR) is 91.0 cm³/mol. The Bertz CT molecular complexity index is 840. The molecule has 1 saturated carbocycles. The summed E-state index contributed by atoms with van der Waals surface area (Å²) in [6.45, 7) is 5.24. The highest BCUT2D eigenvalue weighted by atomic mass is 32.2. The average molecular weight is 365 g/mol. The molecular weight excluding hydrogens is 342 g/mol. The molecule has 3 heterocycles. The average Bonchev–Trinajstić information content (AvgIpc) is 3.27. The summed E-state index contributed by atoms with van der Waals surface area (Å²) in [4.78, 5) is 2.27. The first-order chi connectivity index (χ1) is 12.0. The number of rotatable bonds is 6. The Kier molecular flexibility index (Phi) is 4.38. The summed E-state index contributed by atoms with van der Waals surface area (Å²) >= 11 is 0. The van der Waals surface area contributed by atoms with Crippen molar-refractivity contribution in [1.82, 2.24) is 24.6 Å². The zero-order valence-corrected chi connectivity index (χ0v) is 15.1. The van der Waals surface area contributed by atoms with Crippen molar-refractivity contribution in [3.05, 3.63) is 35.5 Å². The van der Waals surface area contributed by atoms with Crippen LogP contribution in [0.2, 0.25) is 0 Å². The van der Waals surface area contributed by atoms with Crippen LogP contribution >= 0.6 is 0 Å². The van der Waals surface area contributed by atoms with E-state index in [-0.39, 0.29) is 11.2 Å². The minimum absolute atomic E-state index is 0.155. The topological polar surface area (TPSA) is 93.3 Å². The summed E-state index contributed by atoms with van der Waals surface area (Å²) < 4.78 is 34.2. The first-order valence-corrected chi connectivity index (χ1v) is 10.2. The van der Waals surface area contributed by atoms with Crippen molar-refractivity contribution >= 4 is 10.0 Å². The molecule has 1 atom stereocenters. The van der Waals surface area contributed by atoms with Gasteiger partial charge in [-0.2, -0.15) is 5.10 Å². The molecule has 0 amide bonds. The smallest absolute Gasteiger partial charge is 0.214 e. The molecular formula is C16H23N5O3S. The maximum Gasteiger partial charge on any atom is 0.214 e. The van der Waals surface area contributed by atoms with E-state index in [1.54, 1.807) is 6.20 Å². The largest absolute Gasteiger partial charge is 0.361 e. The maximum atomic E-state index is 12.1. The zero-order valence-electron chi connectivity index (χ0n) is 14.3. The Morgan fingerprint density at radius 1 is 1.36 bits per heavy atom. The van der Waals surface area contributed by atoms with E-state index in [0.29, 0.717) is 19.6 Å². The van der Waals surface area contributed by atoms with Crippen LogP contribution in [-0.4, -0.2) is 46.6 Å². The van der Waals surface area contributed by atoms with Crippen molar-refractivity contribution in [2.45, 2.75) is 44.6 Å². The molecule has 0 saturated heterocycles. The van der Waals surface area contributed by atoms with Gasteiger partial charge in [-0.05, 0) is 25.8 Å². The van der Waals surface area contributed by atoms with E-state index in [1.807, 2.05) is 23.7 Å². The normalized spacial score (nSPS) is 21.9. The van der Waals surface area contributed by atoms with Crippen LogP contribution in [0.3, 0.4) is 0 Å². The van der Waals surface area contributed by atoms with E-state index >= 15 is 0 Å². The quantitative estimate of drug-likeness (QED) is 0.817. The number of hydrogen-bond acceptors (Lipinski definition) is 6. The number of fused-ring (bicyclic) bond motifs is 1. The molecule has 9 heteroatoms. The lowest BCUT2D eigenvalue weighted by Gasteiger charge is -2.23. The van der Waals surface area contributed by atoms with Crippen molar-refractivity contribution in [2.75, 3.05) is 13.1 Å². The van der Waals surface area contributed by atoms with Crippen LogP contribution in [0.15, 0.2) is 22.9 Å². The van der Waals surface area contributed by atoms with E-state index in [4.69, 9.17) is 4.52 Å². The first-order valence-electron chi connectivity index (χ1n) is 8.63. The van der Waals surface area contributed by atoms with E-state index in [1.165, 1.54) is 0 Å². The van der Waals surface area contributed by atoms with Gasteiger partial charge in [0.2, 0.25) is 10.0 Å². The van der Waals surface area contributed by atoms with Gasteiger partial charge in [0.25, 0.3) is 0 Å². The highest BCUT2D eigenvalue weighted by Crippen LogP contribution is 2.27. The van der Waals surface area contributed by atoms with Gasteiger partial charge in [0.15, 0.2) is 0 Å². The molecule has 2 aliphatic rings. The van der Waals surface area contributed by atoms with Gasteiger partial charge >= 0.3 is 0 Å². The number of aromatic nitrogens is 3. The highest BCUT2D eigenvalue weighted by molar-refractivity contribution is 7.90. The molecule has 0 spiro atoms. The Morgan fingerprint density at radius 3 is 2.92 bits per heavy atom. The Balaban J connectivity index is 1.46. The fourth-order valence-corrected chi connectivity index (χ4v) is 4.78. The molecule has 25 heavy (non-hydrogen) atoms. The summed E-state index contributed by atoms with van der Waals surface area (Å²) in [5.41, 5.74) is 2.02. The predicted octanol–water partition coefficient (Wildman–Crippen LogP) is 0.893. The van der Waals surface area contributed by atoms with Gasteiger partial charge < -0.3 is 4.52 Å². The van der Waals surface area contributed by atoms with Gasteiger partial charge in [-0.3, -0.25) is 9.58 Å². The molecule has 1 N–H and O–H groups in total. The molecule has 0 aromatic carbocycles. The lowest BCUT2D eigenvalue weighted by molar-refractivity contribution is 0.215. The van der Waals surface area contributed by atoms with Gasteiger partial charge in [-0.15, -0.1) is 0 Å². The first kappa shape index (κ1) is 16.7. The van der Waals surface area contributed by atoms with E-state index < -0.39 is 10.0 Å². The number of hydrogen-bond donors (Lipinski definition) is 1. The molecule has 0 unspecified atom stereocenters. The van der Waals surface area contributed by atoms with Gasteiger partial charge in [0, 0.05) is 50.9 Å². The molecule has 136 valence electrons. The number of aryl methyl sites for hydroxylation is 1. The van der Waals surface area contributed by atoms with Gasteiger partial charge in [-0.25, -0.2) is 13.1 Å². The molecule has 1 aliphatic heterocycles. The number of nitrogens with zero attached hydrogens (tertiary/aromatic N) is 4. The van der Waals surface area contributed by atoms with Crippen LogP contribution in [0.5, 0.6) is 0 Å². The number of sulfonamides is 1. The van der Waals surface area contributed by atoms with Crippen LogP contribution in [0.4, 0.5) is 0 Å². The van der Waals surface area contributed by atoms with E-state index in [0.717, 1.165) is 43.1 Å². The number of nitrogens with one attached hydrogen (secondary N) is 1. The minimum atomic E-state index is -3.16. The van der Waals surface area contributed by atoms with Crippen LogP contribution < -0.4 is 4.72 Å². The van der Waals surface area contributed by atoms with Gasteiger partial charge in [0.1, 0.15) is 5.76 Å². The second-order valence-electron chi connectivity index (χ2n) is 7.06. The molecule has 2 aromatic heterocycles. The van der Waals surface area contributed by atoms with Gasteiger partial charge in [0.05, 0.1) is 16.6 Å². The Morgan fingerprint density at radius 2 is 2.20 bits per heavy atom. The van der Waals surface area contributed by atoms with Gasteiger partial charge in [-0.1, -0.05) is 5.16 Å². The fourth-order valence-electron chi connectivity index (χ4n) is 3.32. The molecule has 0 bridgehead atoms. The standard InChI is InChI=1S/C16H23N5O3S/c1-12-6-14(19-24-12)10-20-8-13(7-18-25(22,23)16-2-3-16)9-21-15(11-20)4-5-17-21/h4-6,13,16,18H,2-3,7-11H2,1H3/t13-/m0/s1. The second-order valence-corrected chi connectivity index (χ2v) is 9.11. The highest BCUT2D eigenvalue weighted by Gasteiger charge is 2.36. The van der Waals surface area contributed by atoms with E-state index in [9.17, 15) is 8.42 Å². The van der Waals surface area contributed by atoms with Crippen LogP contribution in [0.1, 0.15) is 30.0 Å².